The van der Waals surface area contributed by atoms with E-state index in [9.17, 15) is 4.79 Å². The van der Waals surface area contributed by atoms with E-state index < -0.39 is 0 Å². The number of carbonyl (C=O) groups is 1. The van der Waals surface area contributed by atoms with Crippen LogP contribution in [-0.4, -0.2) is 34.1 Å². The van der Waals surface area contributed by atoms with Crippen molar-refractivity contribution in [1.29, 1.82) is 0 Å². The fourth-order valence-corrected chi connectivity index (χ4v) is 3.03. The Morgan fingerprint density at radius 1 is 1.14 bits per heavy atom. The smallest absolute Gasteiger partial charge is 0.233 e. The predicted octanol–water partition coefficient (Wildman–Crippen LogP) is 3.50. The van der Waals surface area contributed by atoms with Gasteiger partial charge in [0, 0.05) is 36.2 Å². The van der Waals surface area contributed by atoms with E-state index in [-0.39, 0.29) is 17.2 Å². The van der Waals surface area contributed by atoms with Gasteiger partial charge in [0.05, 0.1) is 17.3 Å². The molecule has 7 heteroatoms. The molecule has 1 saturated heterocycles. The lowest BCUT2D eigenvalue weighted by Crippen LogP contribution is -2.52. The number of carbonyl (C=O) groups excluding carboxylic acids is 1. The minimum Gasteiger partial charge on any atom is -0.355 e. The van der Waals surface area contributed by atoms with Gasteiger partial charge < -0.3 is 9.42 Å². The molecule has 7 nitrogen and oxygen atoms in total. The van der Waals surface area contributed by atoms with Crippen LogP contribution in [0.3, 0.4) is 0 Å². The van der Waals surface area contributed by atoms with Crippen molar-refractivity contribution < 1.29 is 9.32 Å². The molecule has 3 heterocycles. The molecule has 1 fully saturated rings. The number of amides is 1. The molecule has 4 rings (SSSR count). The molecule has 1 aromatic carbocycles. The van der Waals surface area contributed by atoms with Crippen molar-refractivity contribution in [3.63, 3.8) is 0 Å². The molecule has 0 saturated carbocycles. The number of nitrogens with zero attached hydrogens (tertiary/aromatic N) is 4. The van der Waals surface area contributed by atoms with E-state index in [4.69, 9.17) is 4.52 Å². The molecule has 0 spiro atoms. The second kappa shape index (κ2) is 7.07. The van der Waals surface area contributed by atoms with Crippen molar-refractivity contribution in [2.24, 2.45) is 5.92 Å². The zero-order chi connectivity index (χ0) is 19.7. The molecule has 0 radical (unpaired) electrons. The van der Waals surface area contributed by atoms with Gasteiger partial charge >= 0.3 is 0 Å². The molecular formula is C21H23N5O2. The van der Waals surface area contributed by atoms with Gasteiger partial charge in [-0.2, -0.15) is 0 Å². The molecular weight excluding hydrogens is 354 g/mol. The summed E-state index contributed by atoms with van der Waals surface area (Å²) < 4.78 is 5.24. The Hall–Kier alpha value is -3.22. The summed E-state index contributed by atoms with van der Waals surface area (Å²) in [5.41, 5.74) is 2.60. The maximum Gasteiger partial charge on any atom is 0.233 e. The summed E-state index contributed by atoms with van der Waals surface area (Å²) in [6, 6.07) is 13.7. The maximum atomic E-state index is 12.5. The number of benzene rings is 1. The molecule has 1 N–H and O–H groups in total. The van der Waals surface area contributed by atoms with Crippen LogP contribution in [0.15, 0.2) is 53.3 Å². The van der Waals surface area contributed by atoms with Gasteiger partial charge in [-0.15, -0.1) is 0 Å². The fourth-order valence-electron chi connectivity index (χ4n) is 3.03. The number of nitrogens with one attached hydrogen (secondary N) is 1. The zero-order valence-corrected chi connectivity index (χ0v) is 16.2. The Labute approximate surface area is 163 Å². The second-order valence-electron chi connectivity index (χ2n) is 8.05. The third-order valence-corrected chi connectivity index (χ3v) is 4.82. The van der Waals surface area contributed by atoms with Gasteiger partial charge in [-0.1, -0.05) is 56.3 Å². The molecule has 3 aromatic rings. The highest BCUT2D eigenvalue weighted by atomic mass is 16.5. The van der Waals surface area contributed by atoms with Gasteiger partial charge in [0.1, 0.15) is 12.1 Å². The number of rotatable bonds is 4. The molecule has 1 aliphatic rings. The van der Waals surface area contributed by atoms with Crippen LogP contribution < -0.4 is 10.2 Å². The lowest BCUT2D eigenvalue weighted by molar-refractivity contribution is -0.120. The van der Waals surface area contributed by atoms with Gasteiger partial charge in [-0.05, 0) is 0 Å². The summed E-state index contributed by atoms with van der Waals surface area (Å²) in [6.07, 6.45) is 1.56. The highest BCUT2D eigenvalue weighted by Crippen LogP contribution is 2.28. The average molecular weight is 377 g/mol. The zero-order valence-electron chi connectivity index (χ0n) is 16.2. The normalized spacial score (nSPS) is 14.6. The first-order valence-corrected chi connectivity index (χ1v) is 9.30. The lowest BCUT2D eigenvalue weighted by Gasteiger charge is -2.38. The highest BCUT2D eigenvalue weighted by molar-refractivity contribution is 5.93. The summed E-state index contributed by atoms with van der Waals surface area (Å²) in [7, 11) is 0. The second-order valence-corrected chi connectivity index (χ2v) is 8.05. The average Bonchev–Trinajstić information content (AvgIpc) is 3.10. The Morgan fingerprint density at radius 2 is 1.89 bits per heavy atom. The van der Waals surface area contributed by atoms with Crippen molar-refractivity contribution in [2.75, 3.05) is 23.3 Å². The van der Waals surface area contributed by atoms with E-state index in [1.165, 1.54) is 0 Å². The van der Waals surface area contributed by atoms with Gasteiger partial charge in [-0.25, -0.2) is 9.97 Å². The van der Waals surface area contributed by atoms with E-state index in [0.29, 0.717) is 19.0 Å². The largest absolute Gasteiger partial charge is 0.355 e. The SMILES string of the molecule is CC(C)(C)c1cc(NC(=O)C2CN(c3cc(-c4ccccc4)ncn3)C2)on1. The molecule has 0 aliphatic carbocycles. The summed E-state index contributed by atoms with van der Waals surface area (Å²) in [5, 5.41) is 6.85. The van der Waals surface area contributed by atoms with Crippen LogP contribution >= 0.6 is 0 Å². The lowest BCUT2D eigenvalue weighted by atomic mass is 9.92. The van der Waals surface area contributed by atoms with Gasteiger partial charge in [0.2, 0.25) is 11.8 Å². The van der Waals surface area contributed by atoms with Crippen LogP contribution in [0.25, 0.3) is 11.3 Å². The van der Waals surface area contributed by atoms with Crippen molar-refractivity contribution in [2.45, 2.75) is 26.2 Å². The molecule has 0 bridgehead atoms. The van der Waals surface area contributed by atoms with Crippen molar-refractivity contribution in [3.8, 4) is 11.3 Å². The summed E-state index contributed by atoms with van der Waals surface area (Å²) in [4.78, 5) is 23.2. The Morgan fingerprint density at radius 3 is 2.57 bits per heavy atom. The van der Waals surface area contributed by atoms with E-state index >= 15 is 0 Å². The van der Waals surface area contributed by atoms with Crippen LogP contribution in [0.5, 0.6) is 0 Å². The molecule has 0 atom stereocenters. The Bertz CT molecular complexity index is 972. The summed E-state index contributed by atoms with van der Waals surface area (Å²) in [6.45, 7) is 7.36. The van der Waals surface area contributed by atoms with Gasteiger partial charge in [0.25, 0.3) is 0 Å². The number of aromatic nitrogens is 3. The number of anilines is 2. The fraction of sp³-hybridized carbons (Fsp3) is 0.333. The van der Waals surface area contributed by atoms with Crippen molar-refractivity contribution >= 4 is 17.6 Å². The van der Waals surface area contributed by atoms with Crippen molar-refractivity contribution in [3.05, 3.63) is 54.5 Å². The van der Waals surface area contributed by atoms with Crippen LogP contribution in [0.2, 0.25) is 0 Å². The first kappa shape index (κ1) is 18.2. The van der Waals surface area contributed by atoms with Crippen LogP contribution in [0.4, 0.5) is 11.7 Å². The molecule has 1 aliphatic heterocycles. The maximum absolute atomic E-state index is 12.5. The monoisotopic (exact) mass is 377 g/mol. The third-order valence-electron chi connectivity index (χ3n) is 4.82. The van der Waals surface area contributed by atoms with Crippen molar-refractivity contribution in [1.82, 2.24) is 15.1 Å². The number of hydrogen-bond acceptors (Lipinski definition) is 6. The predicted molar refractivity (Wildman–Crippen MR) is 107 cm³/mol. The number of hydrogen-bond donors (Lipinski definition) is 1. The standard InChI is InChI=1S/C21H23N5O2/c1-21(2,3)17-10-19(28-25-17)24-20(27)15-11-26(12-15)18-9-16(22-13-23-18)14-7-5-4-6-8-14/h4-10,13,15H,11-12H2,1-3H3,(H,24,27). The van der Waals surface area contributed by atoms with E-state index in [0.717, 1.165) is 22.8 Å². The third kappa shape index (κ3) is 3.74. The van der Waals surface area contributed by atoms with E-state index in [1.807, 2.05) is 57.2 Å². The Kier molecular flexibility index (Phi) is 4.58. The summed E-state index contributed by atoms with van der Waals surface area (Å²) >= 11 is 0. The molecule has 2 aromatic heterocycles. The molecule has 1 amide bonds. The van der Waals surface area contributed by atoms with Gasteiger partial charge in [0.15, 0.2) is 0 Å². The molecule has 28 heavy (non-hydrogen) atoms. The minimum atomic E-state index is -0.122. The van der Waals surface area contributed by atoms with E-state index in [2.05, 4.69) is 25.3 Å². The van der Waals surface area contributed by atoms with Crippen LogP contribution in [0.1, 0.15) is 26.5 Å². The molecule has 144 valence electrons. The first-order valence-electron chi connectivity index (χ1n) is 9.30. The topological polar surface area (TPSA) is 84.2 Å². The Balaban J connectivity index is 1.37. The van der Waals surface area contributed by atoms with E-state index in [1.54, 1.807) is 12.4 Å². The van der Waals surface area contributed by atoms with Crippen LogP contribution in [-0.2, 0) is 10.2 Å². The first-order chi connectivity index (χ1) is 13.4. The quantitative estimate of drug-likeness (QED) is 0.749. The van der Waals surface area contributed by atoms with Crippen LogP contribution in [0, 0.1) is 5.92 Å². The highest BCUT2D eigenvalue weighted by Gasteiger charge is 2.34. The minimum absolute atomic E-state index is 0.0646. The summed E-state index contributed by atoms with van der Waals surface area (Å²) in [5.74, 6) is 1.04. The molecule has 0 unspecified atom stereocenters. The van der Waals surface area contributed by atoms with Gasteiger partial charge in [-0.3, -0.25) is 10.1 Å².